The van der Waals surface area contributed by atoms with Crippen molar-refractivity contribution in [2.24, 2.45) is 4.99 Å². The quantitative estimate of drug-likeness (QED) is 0.397. The maximum atomic E-state index is 4.37. The van der Waals surface area contributed by atoms with Gasteiger partial charge in [0, 0.05) is 51.7 Å². The second-order valence-electron chi connectivity index (χ2n) is 8.09. The molecule has 0 unspecified atom stereocenters. The summed E-state index contributed by atoms with van der Waals surface area (Å²) < 4.78 is 0. The van der Waals surface area contributed by atoms with E-state index in [1.54, 1.807) is 0 Å². The minimum Gasteiger partial charge on any atom is -0.356 e. The van der Waals surface area contributed by atoms with Crippen LogP contribution >= 0.6 is 0 Å². The van der Waals surface area contributed by atoms with Gasteiger partial charge in [0.15, 0.2) is 5.96 Å². The molecule has 0 aliphatic carbocycles. The molecule has 1 aliphatic rings. The molecule has 1 aromatic carbocycles. The fourth-order valence-corrected chi connectivity index (χ4v) is 3.51. The predicted octanol–water partition coefficient (Wildman–Crippen LogP) is 2.55. The zero-order chi connectivity index (χ0) is 19.5. The molecule has 0 spiro atoms. The van der Waals surface area contributed by atoms with Crippen LogP contribution in [0.15, 0.2) is 35.3 Å². The molecular weight excluding hydrogens is 334 g/mol. The highest BCUT2D eigenvalue weighted by molar-refractivity contribution is 5.79. The smallest absolute Gasteiger partial charge is 0.191 e. The predicted molar refractivity (Wildman–Crippen MR) is 117 cm³/mol. The van der Waals surface area contributed by atoms with Gasteiger partial charge < -0.3 is 20.4 Å². The van der Waals surface area contributed by atoms with E-state index in [0.717, 1.165) is 19.0 Å². The van der Waals surface area contributed by atoms with Crippen LogP contribution in [-0.4, -0.2) is 75.2 Å². The van der Waals surface area contributed by atoms with Crippen molar-refractivity contribution >= 4 is 5.96 Å². The van der Waals surface area contributed by atoms with Crippen molar-refractivity contribution < 1.29 is 0 Å². The Morgan fingerprint density at radius 2 is 1.67 bits per heavy atom. The van der Waals surface area contributed by atoms with Gasteiger partial charge in [-0.25, -0.2) is 0 Å². The number of piperazine rings is 1. The molecule has 1 saturated heterocycles. The van der Waals surface area contributed by atoms with Gasteiger partial charge in [0.2, 0.25) is 0 Å². The van der Waals surface area contributed by atoms with Gasteiger partial charge in [-0.1, -0.05) is 51.1 Å². The first-order valence-corrected chi connectivity index (χ1v) is 10.5. The van der Waals surface area contributed by atoms with Gasteiger partial charge in [0.25, 0.3) is 0 Å². The van der Waals surface area contributed by atoms with E-state index in [-0.39, 0.29) is 5.41 Å². The minimum atomic E-state index is 0.0690. The number of unbranched alkanes of at least 4 members (excludes halogenated alkanes) is 1. The van der Waals surface area contributed by atoms with Gasteiger partial charge in [0.1, 0.15) is 0 Å². The summed E-state index contributed by atoms with van der Waals surface area (Å²) in [5, 5.41) is 6.94. The lowest BCUT2D eigenvalue weighted by atomic mass is 9.85. The SMILES string of the molecule is CCN1CCN(CCCCNC(=NC)NCC(C)(C)c2ccccc2)CC1. The maximum absolute atomic E-state index is 4.37. The lowest BCUT2D eigenvalue weighted by molar-refractivity contribution is 0.136. The number of likely N-dealkylation sites (N-methyl/N-ethyl adjacent to an activating group) is 1. The normalized spacial score (nSPS) is 17.1. The van der Waals surface area contributed by atoms with Gasteiger partial charge in [-0.2, -0.15) is 0 Å². The van der Waals surface area contributed by atoms with Gasteiger partial charge in [-0.15, -0.1) is 0 Å². The van der Waals surface area contributed by atoms with Crippen LogP contribution in [0, 0.1) is 0 Å². The molecular formula is C22H39N5. The van der Waals surface area contributed by atoms with Crippen LogP contribution in [0.4, 0.5) is 0 Å². The fourth-order valence-electron chi connectivity index (χ4n) is 3.51. The number of guanidine groups is 1. The summed E-state index contributed by atoms with van der Waals surface area (Å²) in [7, 11) is 1.85. The van der Waals surface area contributed by atoms with E-state index in [1.165, 1.54) is 57.7 Å². The van der Waals surface area contributed by atoms with E-state index in [2.05, 4.69) is 76.5 Å². The standard InChI is InChI=1S/C22H39N5/c1-5-26-15-17-27(18-16-26)14-10-9-13-24-21(23-4)25-19-22(2,3)20-11-7-6-8-12-20/h6-8,11-12H,5,9-10,13-19H2,1-4H3,(H2,23,24,25). The molecule has 5 heteroatoms. The summed E-state index contributed by atoms with van der Waals surface area (Å²) in [6.07, 6.45) is 2.42. The highest BCUT2D eigenvalue weighted by atomic mass is 15.3. The molecule has 1 aliphatic heterocycles. The van der Waals surface area contributed by atoms with Gasteiger partial charge in [-0.3, -0.25) is 4.99 Å². The van der Waals surface area contributed by atoms with Crippen LogP contribution in [0.25, 0.3) is 0 Å². The highest BCUT2D eigenvalue weighted by Crippen LogP contribution is 2.21. The van der Waals surface area contributed by atoms with E-state index in [0.29, 0.717) is 0 Å². The van der Waals surface area contributed by atoms with Crippen molar-refractivity contribution in [1.82, 2.24) is 20.4 Å². The van der Waals surface area contributed by atoms with Crippen LogP contribution in [-0.2, 0) is 5.41 Å². The number of rotatable bonds is 9. The van der Waals surface area contributed by atoms with Crippen molar-refractivity contribution in [3.63, 3.8) is 0 Å². The molecule has 5 nitrogen and oxygen atoms in total. The van der Waals surface area contributed by atoms with Crippen molar-refractivity contribution in [2.45, 2.75) is 39.0 Å². The van der Waals surface area contributed by atoms with Crippen LogP contribution < -0.4 is 10.6 Å². The Morgan fingerprint density at radius 1 is 1.00 bits per heavy atom. The summed E-state index contributed by atoms with van der Waals surface area (Å²) >= 11 is 0. The van der Waals surface area contributed by atoms with Crippen molar-refractivity contribution in [3.8, 4) is 0 Å². The zero-order valence-corrected chi connectivity index (χ0v) is 17.8. The van der Waals surface area contributed by atoms with E-state index >= 15 is 0 Å². The third-order valence-corrected chi connectivity index (χ3v) is 5.58. The Labute approximate surface area is 166 Å². The van der Waals surface area contributed by atoms with Gasteiger partial charge in [-0.05, 0) is 31.5 Å². The molecule has 0 atom stereocenters. The average Bonchev–Trinajstić information content (AvgIpc) is 2.71. The summed E-state index contributed by atoms with van der Waals surface area (Å²) in [5.74, 6) is 0.899. The second kappa shape index (κ2) is 11.3. The van der Waals surface area contributed by atoms with E-state index in [4.69, 9.17) is 0 Å². The minimum absolute atomic E-state index is 0.0690. The summed E-state index contributed by atoms with van der Waals surface area (Å²) in [6, 6.07) is 10.7. The molecule has 2 rings (SSSR count). The average molecular weight is 374 g/mol. The summed E-state index contributed by atoms with van der Waals surface area (Å²) in [6.45, 7) is 15.9. The van der Waals surface area contributed by atoms with E-state index in [9.17, 15) is 0 Å². The first kappa shape index (κ1) is 21.7. The van der Waals surface area contributed by atoms with Gasteiger partial charge in [0.05, 0.1) is 0 Å². The topological polar surface area (TPSA) is 42.9 Å². The van der Waals surface area contributed by atoms with E-state index in [1.807, 2.05) is 7.05 Å². The van der Waals surface area contributed by atoms with Crippen molar-refractivity contribution in [3.05, 3.63) is 35.9 Å². The third kappa shape index (κ3) is 7.51. The summed E-state index contributed by atoms with van der Waals surface area (Å²) in [4.78, 5) is 9.50. The third-order valence-electron chi connectivity index (χ3n) is 5.58. The van der Waals surface area contributed by atoms with Crippen LogP contribution in [0.1, 0.15) is 39.2 Å². The lowest BCUT2D eigenvalue weighted by Crippen LogP contribution is -2.46. The monoisotopic (exact) mass is 373 g/mol. The number of nitrogens with zero attached hydrogens (tertiary/aromatic N) is 3. The van der Waals surface area contributed by atoms with Crippen LogP contribution in [0.3, 0.4) is 0 Å². The molecule has 1 fully saturated rings. The number of nitrogens with one attached hydrogen (secondary N) is 2. The van der Waals surface area contributed by atoms with Gasteiger partial charge >= 0.3 is 0 Å². The van der Waals surface area contributed by atoms with Crippen LogP contribution in [0.5, 0.6) is 0 Å². The molecule has 2 N–H and O–H groups in total. The molecule has 27 heavy (non-hydrogen) atoms. The Kier molecular flexibility index (Phi) is 9.08. The number of benzene rings is 1. The zero-order valence-electron chi connectivity index (χ0n) is 17.8. The Balaban J connectivity index is 1.60. The van der Waals surface area contributed by atoms with E-state index < -0.39 is 0 Å². The maximum Gasteiger partial charge on any atom is 0.191 e. The molecule has 1 aromatic rings. The molecule has 0 aromatic heterocycles. The second-order valence-corrected chi connectivity index (χ2v) is 8.09. The Bertz CT molecular complexity index is 547. The lowest BCUT2D eigenvalue weighted by Gasteiger charge is -2.34. The first-order chi connectivity index (χ1) is 13.0. The number of hydrogen-bond donors (Lipinski definition) is 2. The van der Waals surface area contributed by atoms with Crippen molar-refractivity contribution in [1.29, 1.82) is 0 Å². The Morgan fingerprint density at radius 3 is 2.30 bits per heavy atom. The summed E-state index contributed by atoms with van der Waals surface area (Å²) in [5.41, 5.74) is 1.41. The molecule has 0 bridgehead atoms. The largest absolute Gasteiger partial charge is 0.356 e. The number of aliphatic imine (C=N–C) groups is 1. The molecule has 152 valence electrons. The molecule has 1 heterocycles. The van der Waals surface area contributed by atoms with Crippen LogP contribution in [0.2, 0.25) is 0 Å². The Hall–Kier alpha value is -1.59. The first-order valence-electron chi connectivity index (χ1n) is 10.5. The fraction of sp³-hybridized carbons (Fsp3) is 0.682. The molecule has 0 saturated carbocycles. The highest BCUT2D eigenvalue weighted by Gasteiger charge is 2.20. The molecule has 0 radical (unpaired) electrons. The molecule has 0 amide bonds. The number of hydrogen-bond acceptors (Lipinski definition) is 3. The van der Waals surface area contributed by atoms with Crippen molar-refractivity contribution in [2.75, 3.05) is 59.4 Å².